The van der Waals surface area contributed by atoms with Crippen LogP contribution in [0, 0.1) is 5.41 Å². The van der Waals surface area contributed by atoms with E-state index in [9.17, 15) is 18.0 Å². The predicted octanol–water partition coefficient (Wildman–Crippen LogP) is 2.90. The van der Waals surface area contributed by atoms with E-state index in [4.69, 9.17) is 4.74 Å². The van der Waals surface area contributed by atoms with Gasteiger partial charge in [-0.3, -0.25) is 4.79 Å². The molecule has 0 radical (unpaired) electrons. The average molecular weight is 344 g/mol. The molecule has 7 heteroatoms. The molecule has 0 bridgehead atoms. The Balaban J connectivity index is 2.07. The van der Waals surface area contributed by atoms with Crippen molar-refractivity contribution in [2.24, 2.45) is 5.41 Å². The van der Waals surface area contributed by atoms with Crippen LogP contribution in [0.1, 0.15) is 36.9 Å². The molecule has 1 fully saturated rings. The maximum atomic E-state index is 12.7. The van der Waals surface area contributed by atoms with Crippen molar-refractivity contribution < 1.29 is 22.7 Å². The smallest absolute Gasteiger partial charge is 0.384 e. The highest BCUT2D eigenvalue weighted by molar-refractivity contribution is 5.83. The fraction of sp³-hybridized carbons (Fsp3) is 0.588. The first kappa shape index (κ1) is 18.7. The molecular formula is C17H23F3N2O2. The SMILES string of the molecule is COCC1(C(=O)NC(C)c2ccc(C(F)(F)F)cc2)CCNCC1. The molecule has 1 heterocycles. The lowest BCUT2D eigenvalue weighted by atomic mass is 9.78. The van der Waals surface area contributed by atoms with Gasteiger partial charge in [-0.25, -0.2) is 0 Å². The number of carbonyl (C=O) groups excluding carboxylic acids is 1. The minimum Gasteiger partial charge on any atom is -0.384 e. The zero-order chi connectivity index (χ0) is 17.8. The summed E-state index contributed by atoms with van der Waals surface area (Å²) in [5.41, 5.74) is -0.642. The first-order valence-electron chi connectivity index (χ1n) is 7.96. The zero-order valence-corrected chi connectivity index (χ0v) is 13.9. The van der Waals surface area contributed by atoms with Gasteiger partial charge in [0.25, 0.3) is 0 Å². The zero-order valence-electron chi connectivity index (χ0n) is 13.9. The lowest BCUT2D eigenvalue weighted by molar-refractivity contribution is -0.138. The molecule has 1 aromatic rings. The normalized spacial score (nSPS) is 18.9. The van der Waals surface area contributed by atoms with Crippen LogP contribution in [0.5, 0.6) is 0 Å². The molecule has 134 valence electrons. The van der Waals surface area contributed by atoms with Gasteiger partial charge in [0.2, 0.25) is 5.91 Å². The Bertz CT molecular complexity index is 546. The third-order valence-electron chi connectivity index (χ3n) is 4.55. The first-order chi connectivity index (χ1) is 11.3. The van der Waals surface area contributed by atoms with Gasteiger partial charge in [0, 0.05) is 7.11 Å². The molecule has 2 rings (SSSR count). The molecule has 2 N–H and O–H groups in total. The van der Waals surface area contributed by atoms with E-state index in [-0.39, 0.29) is 11.9 Å². The second-order valence-electron chi connectivity index (χ2n) is 6.28. The highest BCUT2D eigenvalue weighted by atomic mass is 19.4. The van der Waals surface area contributed by atoms with E-state index < -0.39 is 17.2 Å². The molecule has 1 aliphatic rings. The summed E-state index contributed by atoms with van der Waals surface area (Å²) in [6.45, 7) is 3.58. The quantitative estimate of drug-likeness (QED) is 0.864. The maximum Gasteiger partial charge on any atom is 0.416 e. The summed E-state index contributed by atoms with van der Waals surface area (Å²) in [7, 11) is 1.57. The van der Waals surface area contributed by atoms with Crippen molar-refractivity contribution in [3.63, 3.8) is 0 Å². The highest BCUT2D eigenvalue weighted by Crippen LogP contribution is 2.32. The van der Waals surface area contributed by atoms with Gasteiger partial charge in [-0.1, -0.05) is 12.1 Å². The van der Waals surface area contributed by atoms with Crippen molar-refractivity contribution in [1.29, 1.82) is 0 Å². The fourth-order valence-corrected chi connectivity index (χ4v) is 3.01. The third-order valence-corrected chi connectivity index (χ3v) is 4.55. The number of nitrogens with one attached hydrogen (secondary N) is 2. The summed E-state index contributed by atoms with van der Waals surface area (Å²) < 4.78 is 43.1. The van der Waals surface area contributed by atoms with Crippen molar-refractivity contribution >= 4 is 5.91 Å². The van der Waals surface area contributed by atoms with Gasteiger partial charge in [-0.15, -0.1) is 0 Å². The number of piperidine rings is 1. The monoisotopic (exact) mass is 344 g/mol. The number of amides is 1. The summed E-state index contributed by atoms with van der Waals surface area (Å²) in [5, 5.41) is 6.14. The van der Waals surface area contributed by atoms with Crippen molar-refractivity contribution in [3.05, 3.63) is 35.4 Å². The summed E-state index contributed by atoms with van der Waals surface area (Å²) >= 11 is 0. The molecule has 1 atom stereocenters. The third kappa shape index (κ3) is 4.27. The Morgan fingerprint density at radius 2 is 1.88 bits per heavy atom. The lowest BCUT2D eigenvalue weighted by Gasteiger charge is -2.36. The number of carbonyl (C=O) groups is 1. The van der Waals surface area contributed by atoms with Crippen LogP contribution in [0.4, 0.5) is 13.2 Å². The molecule has 24 heavy (non-hydrogen) atoms. The standard InChI is InChI=1S/C17H23F3N2O2/c1-12(13-3-5-14(6-4-13)17(18,19)20)22-15(23)16(11-24-2)7-9-21-10-8-16/h3-6,12,21H,7-11H2,1-2H3,(H,22,23). The molecule has 1 aromatic carbocycles. The summed E-state index contributed by atoms with van der Waals surface area (Å²) in [5.74, 6) is -0.113. The Hall–Kier alpha value is -1.60. The van der Waals surface area contributed by atoms with Crippen LogP contribution in [-0.2, 0) is 15.7 Å². The number of halogens is 3. The van der Waals surface area contributed by atoms with E-state index in [0.29, 0.717) is 25.0 Å². The van der Waals surface area contributed by atoms with E-state index in [1.807, 2.05) is 0 Å². The van der Waals surface area contributed by atoms with E-state index >= 15 is 0 Å². The van der Waals surface area contributed by atoms with Crippen LogP contribution >= 0.6 is 0 Å². The number of alkyl halides is 3. The van der Waals surface area contributed by atoms with Crippen molar-refractivity contribution in [2.75, 3.05) is 26.8 Å². The van der Waals surface area contributed by atoms with Gasteiger partial charge in [0.1, 0.15) is 0 Å². The Morgan fingerprint density at radius 3 is 2.38 bits per heavy atom. The van der Waals surface area contributed by atoms with Crippen LogP contribution in [0.2, 0.25) is 0 Å². The second kappa shape index (κ2) is 7.53. The number of hydrogen-bond donors (Lipinski definition) is 2. The molecule has 1 saturated heterocycles. The Morgan fingerprint density at radius 1 is 1.29 bits per heavy atom. The number of benzene rings is 1. The molecule has 0 aromatic heterocycles. The van der Waals surface area contributed by atoms with Gasteiger partial charge >= 0.3 is 6.18 Å². The van der Waals surface area contributed by atoms with Crippen LogP contribution in [0.3, 0.4) is 0 Å². The lowest BCUT2D eigenvalue weighted by Crippen LogP contribution is -2.50. The Kier molecular flexibility index (Phi) is 5.87. The molecule has 0 spiro atoms. The number of ether oxygens (including phenoxy) is 1. The van der Waals surface area contributed by atoms with E-state index in [0.717, 1.165) is 25.2 Å². The van der Waals surface area contributed by atoms with Gasteiger partial charge in [-0.2, -0.15) is 13.2 Å². The summed E-state index contributed by atoms with van der Waals surface area (Å²) in [6, 6.07) is 4.50. The average Bonchev–Trinajstić information content (AvgIpc) is 2.55. The van der Waals surface area contributed by atoms with Crippen LogP contribution < -0.4 is 10.6 Å². The molecule has 1 unspecified atom stereocenters. The number of hydrogen-bond acceptors (Lipinski definition) is 3. The van der Waals surface area contributed by atoms with E-state index in [1.54, 1.807) is 14.0 Å². The van der Waals surface area contributed by atoms with Crippen molar-refractivity contribution in [1.82, 2.24) is 10.6 Å². The summed E-state index contributed by atoms with van der Waals surface area (Å²) in [6.07, 6.45) is -3.01. The number of rotatable bonds is 5. The fourth-order valence-electron chi connectivity index (χ4n) is 3.01. The molecule has 0 saturated carbocycles. The van der Waals surface area contributed by atoms with E-state index in [2.05, 4.69) is 10.6 Å². The van der Waals surface area contributed by atoms with E-state index in [1.165, 1.54) is 12.1 Å². The van der Waals surface area contributed by atoms with Gasteiger partial charge in [-0.05, 0) is 50.6 Å². The van der Waals surface area contributed by atoms with Crippen LogP contribution in [0.15, 0.2) is 24.3 Å². The second-order valence-corrected chi connectivity index (χ2v) is 6.28. The molecule has 1 amide bonds. The van der Waals surface area contributed by atoms with Gasteiger partial charge in [0.05, 0.1) is 23.6 Å². The highest BCUT2D eigenvalue weighted by Gasteiger charge is 2.40. The molecule has 0 aliphatic carbocycles. The van der Waals surface area contributed by atoms with Crippen molar-refractivity contribution in [3.8, 4) is 0 Å². The van der Waals surface area contributed by atoms with Crippen LogP contribution in [-0.4, -0.2) is 32.7 Å². The largest absolute Gasteiger partial charge is 0.416 e. The van der Waals surface area contributed by atoms with Gasteiger partial charge < -0.3 is 15.4 Å². The summed E-state index contributed by atoms with van der Waals surface area (Å²) in [4.78, 5) is 12.7. The minimum atomic E-state index is -4.36. The first-order valence-corrected chi connectivity index (χ1v) is 7.96. The topological polar surface area (TPSA) is 50.4 Å². The predicted molar refractivity (Wildman–Crippen MR) is 84.4 cm³/mol. The van der Waals surface area contributed by atoms with Gasteiger partial charge in [0.15, 0.2) is 0 Å². The maximum absolute atomic E-state index is 12.7. The van der Waals surface area contributed by atoms with Crippen LogP contribution in [0.25, 0.3) is 0 Å². The van der Waals surface area contributed by atoms with Crippen molar-refractivity contribution in [2.45, 2.75) is 32.0 Å². The Labute approximate surface area is 139 Å². The minimum absolute atomic E-state index is 0.113. The number of methoxy groups -OCH3 is 1. The molecule has 4 nitrogen and oxygen atoms in total. The molecule has 1 aliphatic heterocycles. The molecular weight excluding hydrogens is 321 g/mol.